The van der Waals surface area contributed by atoms with E-state index in [4.69, 9.17) is 9.98 Å². The lowest BCUT2D eigenvalue weighted by atomic mass is 9.85. The summed E-state index contributed by atoms with van der Waals surface area (Å²) >= 11 is 0. The second-order valence-electron chi connectivity index (χ2n) is 22.8. The van der Waals surface area contributed by atoms with Crippen LogP contribution in [0.25, 0.3) is 77.0 Å². The fraction of sp³-hybridized carbons (Fsp3) is 0.258. The summed E-state index contributed by atoms with van der Waals surface area (Å²) in [6.07, 6.45) is 1.73. The van der Waals surface area contributed by atoms with Gasteiger partial charge in [0.15, 0.2) is 0 Å². The van der Waals surface area contributed by atoms with Gasteiger partial charge in [0.25, 0.3) is 0 Å². The highest BCUT2D eigenvalue weighted by Gasteiger charge is 2.24. The van der Waals surface area contributed by atoms with Crippen molar-refractivity contribution in [2.45, 2.75) is 105 Å². The molecule has 6 nitrogen and oxygen atoms in total. The van der Waals surface area contributed by atoms with Crippen LogP contribution in [0.1, 0.15) is 111 Å². The highest BCUT2D eigenvalue weighted by molar-refractivity contribution is 6.13. The number of rotatable bonds is 5. The molecule has 0 atom stereocenters. The molecule has 7 aromatic carbocycles. The summed E-state index contributed by atoms with van der Waals surface area (Å²) in [5.41, 5.74) is 13.8. The van der Waals surface area contributed by atoms with Gasteiger partial charge in [-0.2, -0.15) is 0 Å². The number of pyridine rings is 1. The summed E-state index contributed by atoms with van der Waals surface area (Å²) < 4.78 is 4.58. The third kappa shape index (κ3) is 7.70. The highest BCUT2D eigenvalue weighted by Crippen LogP contribution is 2.43. The molecule has 0 aliphatic heterocycles. The Morgan fingerprint density at radius 1 is 0.441 bits per heavy atom. The lowest BCUT2D eigenvalue weighted by Gasteiger charge is -2.19. The zero-order chi connectivity index (χ0) is 48.2. The molecule has 0 unspecified atom stereocenters. The van der Waals surface area contributed by atoms with Crippen LogP contribution in [0.2, 0.25) is 0 Å². The van der Waals surface area contributed by atoms with Gasteiger partial charge in [-0.05, 0) is 135 Å². The Labute approximate surface area is 400 Å². The fourth-order valence-corrected chi connectivity index (χ4v) is 9.79. The molecule has 0 saturated carbocycles. The SMILES string of the molecule is CC(C)(C)c1ccc2c(c1)c1cc(C(C)(C)C)ccc1n2-c1ccc(-c2cccc(C=Nc3cccc4c(-n5c6ccc(C(C)(C)C)cc6c6cc(C(C)(C)C)ccc65)ccc(O)c34)n2)c(O)c1. The molecule has 0 aliphatic carbocycles. The van der Waals surface area contributed by atoms with Crippen LogP contribution < -0.4 is 0 Å². The standard InChI is InChI=1S/C62H62N4O2/c1-59(2,3)37-19-25-52-45(31-37)46-32-38(60(4,5)6)20-26-53(46)65(52)42-23-24-43(57(68)35-42)49-17-13-15-41(64-49)36-63-50-18-14-16-44-51(29-30-56(67)58(44)50)66-54-27-21-39(61(7,8)9)33-47(54)48-34-40(62(10,11)12)22-28-55(48)66/h13-36,67-68H,1-12H3. The molecule has 3 heterocycles. The van der Waals surface area contributed by atoms with Crippen molar-refractivity contribution in [3.05, 3.63) is 167 Å². The summed E-state index contributed by atoms with van der Waals surface area (Å²) in [5, 5.41) is 29.6. The second kappa shape index (κ2) is 15.7. The van der Waals surface area contributed by atoms with Crippen LogP contribution in [0.3, 0.4) is 0 Å². The topological polar surface area (TPSA) is 75.6 Å². The number of aromatic hydroxyl groups is 2. The number of hydrogen-bond acceptors (Lipinski definition) is 4. The Bertz CT molecular complexity index is 3540. The Balaban J connectivity index is 1.03. The first kappa shape index (κ1) is 44.6. The van der Waals surface area contributed by atoms with Crippen LogP contribution in [-0.4, -0.2) is 30.5 Å². The van der Waals surface area contributed by atoms with E-state index in [-0.39, 0.29) is 33.2 Å². The van der Waals surface area contributed by atoms with E-state index in [1.165, 1.54) is 43.8 Å². The van der Waals surface area contributed by atoms with Gasteiger partial charge >= 0.3 is 0 Å². The largest absolute Gasteiger partial charge is 0.507 e. The molecule has 0 saturated heterocycles. The molecule has 0 amide bonds. The summed E-state index contributed by atoms with van der Waals surface area (Å²) in [6, 6.07) is 48.6. The lowest BCUT2D eigenvalue weighted by molar-refractivity contribution is 0.477. The van der Waals surface area contributed by atoms with Gasteiger partial charge in [0, 0.05) is 44.2 Å². The van der Waals surface area contributed by atoms with E-state index in [2.05, 4.69) is 177 Å². The van der Waals surface area contributed by atoms with Gasteiger partial charge in [0.2, 0.25) is 0 Å². The minimum Gasteiger partial charge on any atom is -0.507 e. The van der Waals surface area contributed by atoms with Crippen molar-refractivity contribution in [1.29, 1.82) is 0 Å². The first-order chi connectivity index (χ1) is 32.1. The molecule has 0 bridgehead atoms. The van der Waals surface area contributed by atoms with Crippen LogP contribution in [0.15, 0.2) is 145 Å². The normalized spacial score (nSPS) is 13.1. The highest BCUT2D eigenvalue weighted by atomic mass is 16.3. The van der Waals surface area contributed by atoms with E-state index in [0.29, 0.717) is 28.0 Å². The maximum absolute atomic E-state index is 11.8. The number of aliphatic imine (C=N–C) groups is 1. The zero-order valence-corrected chi connectivity index (χ0v) is 41.5. The van der Waals surface area contributed by atoms with E-state index in [9.17, 15) is 10.2 Å². The maximum atomic E-state index is 11.8. The van der Waals surface area contributed by atoms with Gasteiger partial charge < -0.3 is 19.3 Å². The van der Waals surface area contributed by atoms with Crippen LogP contribution in [0.4, 0.5) is 5.69 Å². The fourth-order valence-electron chi connectivity index (χ4n) is 9.79. The smallest absolute Gasteiger partial charge is 0.127 e. The summed E-state index contributed by atoms with van der Waals surface area (Å²) in [6.45, 7) is 27.1. The Morgan fingerprint density at radius 2 is 0.912 bits per heavy atom. The number of phenolic OH excluding ortho intramolecular Hbond substituents is 2. The Kier molecular flexibility index (Phi) is 10.3. The minimum absolute atomic E-state index is 0.000534. The number of phenols is 2. The van der Waals surface area contributed by atoms with E-state index < -0.39 is 0 Å². The Morgan fingerprint density at radius 3 is 1.38 bits per heavy atom. The molecule has 10 rings (SSSR count). The molecular weight excluding hydrogens is 833 g/mol. The summed E-state index contributed by atoms with van der Waals surface area (Å²) in [4.78, 5) is 9.94. The van der Waals surface area contributed by atoms with Crippen LogP contribution in [0, 0.1) is 0 Å². The van der Waals surface area contributed by atoms with Crippen molar-refractivity contribution in [2.24, 2.45) is 4.99 Å². The van der Waals surface area contributed by atoms with Crippen molar-refractivity contribution in [3.8, 4) is 34.1 Å². The minimum atomic E-state index is -0.00929. The third-order valence-corrected chi connectivity index (χ3v) is 13.8. The molecule has 6 heteroatoms. The van der Waals surface area contributed by atoms with E-state index in [0.717, 1.165) is 38.8 Å². The summed E-state index contributed by atoms with van der Waals surface area (Å²) in [5.74, 6) is 0.291. The van der Waals surface area contributed by atoms with E-state index in [1.807, 2.05) is 48.5 Å². The molecular formula is C62H62N4O2. The van der Waals surface area contributed by atoms with Gasteiger partial charge in [-0.15, -0.1) is 0 Å². The molecule has 2 N–H and O–H groups in total. The molecule has 68 heavy (non-hydrogen) atoms. The molecule has 0 radical (unpaired) electrons. The van der Waals surface area contributed by atoms with Crippen molar-refractivity contribution in [1.82, 2.24) is 14.1 Å². The van der Waals surface area contributed by atoms with Crippen LogP contribution in [0.5, 0.6) is 11.5 Å². The predicted molar refractivity (Wildman–Crippen MR) is 288 cm³/mol. The average molecular weight is 895 g/mol. The third-order valence-electron chi connectivity index (χ3n) is 13.8. The molecule has 0 spiro atoms. The monoisotopic (exact) mass is 894 g/mol. The van der Waals surface area contributed by atoms with Gasteiger partial charge in [0.1, 0.15) is 11.5 Å². The zero-order valence-electron chi connectivity index (χ0n) is 41.5. The maximum Gasteiger partial charge on any atom is 0.127 e. The average Bonchev–Trinajstić information content (AvgIpc) is 3.79. The van der Waals surface area contributed by atoms with Crippen LogP contribution in [-0.2, 0) is 21.7 Å². The number of fused-ring (bicyclic) bond motifs is 7. The lowest BCUT2D eigenvalue weighted by Crippen LogP contribution is -2.10. The van der Waals surface area contributed by atoms with Gasteiger partial charge in [-0.1, -0.05) is 126 Å². The number of hydrogen-bond donors (Lipinski definition) is 2. The Hall–Kier alpha value is -7.18. The molecule has 0 aliphatic rings. The number of aromatic nitrogens is 3. The first-order valence-electron chi connectivity index (χ1n) is 23.8. The quantitative estimate of drug-likeness (QED) is 0.169. The number of nitrogens with zero attached hydrogens (tertiary/aromatic N) is 4. The van der Waals surface area contributed by atoms with Gasteiger partial charge in [0.05, 0.1) is 56.4 Å². The van der Waals surface area contributed by atoms with E-state index in [1.54, 1.807) is 12.3 Å². The molecule has 10 aromatic rings. The van der Waals surface area contributed by atoms with Gasteiger partial charge in [-0.25, -0.2) is 4.98 Å². The first-order valence-corrected chi connectivity index (χ1v) is 23.8. The number of benzene rings is 7. The van der Waals surface area contributed by atoms with Crippen LogP contribution >= 0.6 is 0 Å². The molecule has 0 fully saturated rings. The van der Waals surface area contributed by atoms with Gasteiger partial charge in [-0.3, -0.25) is 4.99 Å². The second-order valence-corrected chi connectivity index (χ2v) is 22.8. The molecule has 3 aromatic heterocycles. The molecule has 342 valence electrons. The summed E-state index contributed by atoms with van der Waals surface area (Å²) in [7, 11) is 0. The van der Waals surface area contributed by atoms with Crippen molar-refractivity contribution < 1.29 is 10.2 Å². The van der Waals surface area contributed by atoms with Crippen molar-refractivity contribution in [3.63, 3.8) is 0 Å². The van der Waals surface area contributed by atoms with E-state index >= 15 is 0 Å². The van der Waals surface area contributed by atoms with Crippen molar-refractivity contribution >= 4 is 66.3 Å². The van der Waals surface area contributed by atoms with Crippen molar-refractivity contribution in [2.75, 3.05) is 0 Å². The predicted octanol–water partition coefficient (Wildman–Crippen LogP) is 16.4.